The Hall–Kier alpha value is -2.71. The third-order valence-electron chi connectivity index (χ3n) is 4.94. The highest BCUT2D eigenvalue weighted by molar-refractivity contribution is 7.89. The molecule has 6 nitrogen and oxygen atoms in total. The Balaban J connectivity index is 1.85. The molecule has 0 aliphatic rings. The number of benzene rings is 3. The summed E-state index contributed by atoms with van der Waals surface area (Å²) in [4.78, 5) is 17.4. The first kappa shape index (κ1) is 23.0. The highest BCUT2D eigenvalue weighted by Crippen LogP contribution is 2.26. The van der Waals surface area contributed by atoms with Crippen LogP contribution < -0.4 is 5.32 Å². The lowest BCUT2D eigenvalue weighted by molar-refractivity contribution is -0.0258. The van der Waals surface area contributed by atoms with Gasteiger partial charge in [-0.05, 0) is 29.3 Å². The van der Waals surface area contributed by atoms with Gasteiger partial charge in [0.2, 0.25) is 0 Å². The summed E-state index contributed by atoms with van der Waals surface area (Å²) < 4.78 is 25.9. The molecule has 1 amide bonds. The second kappa shape index (κ2) is 10.1. The van der Waals surface area contributed by atoms with Crippen LogP contribution in [0.4, 0.5) is 0 Å². The lowest BCUT2D eigenvalue weighted by Gasteiger charge is -2.19. The Labute approximate surface area is 187 Å². The first-order valence-electron chi connectivity index (χ1n) is 9.55. The van der Waals surface area contributed by atoms with Crippen LogP contribution in [0.5, 0.6) is 0 Å². The van der Waals surface area contributed by atoms with Crippen molar-refractivity contribution in [2.24, 2.45) is 0 Å². The van der Waals surface area contributed by atoms with Crippen LogP contribution in [-0.2, 0) is 14.9 Å². The van der Waals surface area contributed by atoms with Crippen molar-refractivity contribution in [3.8, 4) is 0 Å². The van der Waals surface area contributed by atoms with Crippen molar-refractivity contribution in [1.29, 1.82) is 0 Å². The minimum atomic E-state index is -3.99. The fourth-order valence-electron chi connectivity index (χ4n) is 3.17. The Morgan fingerprint density at radius 2 is 1.55 bits per heavy atom. The van der Waals surface area contributed by atoms with E-state index in [-0.39, 0.29) is 21.4 Å². The van der Waals surface area contributed by atoms with Crippen molar-refractivity contribution in [1.82, 2.24) is 9.79 Å². The minimum absolute atomic E-state index is 0.00639. The summed E-state index contributed by atoms with van der Waals surface area (Å²) in [7, 11) is -1.51. The summed E-state index contributed by atoms with van der Waals surface area (Å²) in [6.07, 6.45) is 0. The molecule has 31 heavy (non-hydrogen) atoms. The number of nitrogens with zero attached hydrogens (tertiary/aromatic N) is 1. The third-order valence-corrected chi connectivity index (χ3v) is 7.10. The highest BCUT2D eigenvalue weighted by Gasteiger charge is 2.25. The predicted octanol–water partition coefficient (Wildman–Crippen LogP) is 4.08. The van der Waals surface area contributed by atoms with Gasteiger partial charge in [0.05, 0.1) is 12.1 Å². The maximum absolute atomic E-state index is 12.8. The molecule has 0 saturated carbocycles. The maximum atomic E-state index is 12.8. The summed E-state index contributed by atoms with van der Waals surface area (Å²) in [5.74, 6) is -0.452. The number of halogens is 1. The van der Waals surface area contributed by atoms with Crippen LogP contribution in [0.25, 0.3) is 0 Å². The molecule has 162 valence electrons. The molecule has 0 bridgehead atoms. The number of nitrogens with one attached hydrogen (secondary N) is 1. The number of amides is 1. The average molecular weight is 459 g/mol. The second-order valence-corrected chi connectivity index (χ2v) is 9.14. The van der Waals surface area contributed by atoms with Gasteiger partial charge in [-0.2, -0.15) is 0 Å². The molecule has 0 radical (unpaired) electrons. The van der Waals surface area contributed by atoms with Crippen LogP contribution >= 0.6 is 11.6 Å². The number of rotatable bonds is 8. The average Bonchev–Trinajstić information content (AvgIpc) is 2.80. The summed E-state index contributed by atoms with van der Waals surface area (Å²) in [5.41, 5.74) is 2.32. The Bertz CT molecular complexity index is 1100. The van der Waals surface area contributed by atoms with Crippen molar-refractivity contribution in [2.75, 3.05) is 20.7 Å². The van der Waals surface area contributed by atoms with E-state index >= 15 is 0 Å². The Morgan fingerprint density at radius 1 is 1.00 bits per heavy atom. The summed E-state index contributed by atoms with van der Waals surface area (Å²) in [6.45, 7) is 0.343. The van der Waals surface area contributed by atoms with E-state index in [9.17, 15) is 13.2 Å². The van der Waals surface area contributed by atoms with Gasteiger partial charge in [0.25, 0.3) is 15.9 Å². The zero-order valence-corrected chi connectivity index (χ0v) is 18.7. The molecule has 0 aliphatic carbocycles. The van der Waals surface area contributed by atoms with Crippen molar-refractivity contribution in [3.63, 3.8) is 0 Å². The van der Waals surface area contributed by atoms with Gasteiger partial charge in [-0.1, -0.05) is 76.7 Å². The van der Waals surface area contributed by atoms with Gasteiger partial charge in [0, 0.05) is 25.1 Å². The SMILES string of the molecule is CON(C)S(=O)(=O)c1cc(C(=O)NCC(c2ccccc2)c2ccccc2)ccc1Cl. The molecule has 3 rings (SSSR count). The van der Waals surface area contributed by atoms with Crippen LogP contribution in [-0.4, -0.2) is 39.5 Å². The van der Waals surface area contributed by atoms with Crippen LogP contribution in [0.3, 0.4) is 0 Å². The quantitative estimate of drug-likeness (QED) is 0.516. The van der Waals surface area contributed by atoms with Gasteiger partial charge in [0.15, 0.2) is 0 Å². The van der Waals surface area contributed by atoms with Crippen molar-refractivity contribution in [3.05, 3.63) is 101 Å². The fraction of sp³-hybridized carbons (Fsp3) is 0.174. The molecular formula is C23H23ClN2O4S. The smallest absolute Gasteiger partial charge is 0.266 e. The fourth-order valence-corrected chi connectivity index (χ4v) is 4.65. The Kier molecular flexibility index (Phi) is 7.46. The van der Waals surface area contributed by atoms with Gasteiger partial charge in [-0.25, -0.2) is 8.42 Å². The van der Waals surface area contributed by atoms with E-state index < -0.39 is 15.9 Å². The molecule has 8 heteroatoms. The van der Waals surface area contributed by atoms with E-state index in [0.29, 0.717) is 11.0 Å². The van der Waals surface area contributed by atoms with Gasteiger partial charge >= 0.3 is 0 Å². The third kappa shape index (κ3) is 5.32. The highest BCUT2D eigenvalue weighted by atomic mass is 35.5. The number of sulfonamides is 1. The summed E-state index contributed by atoms with van der Waals surface area (Å²) >= 11 is 6.08. The van der Waals surface area contributed by atoms with Crippen molar-refractivity contribution < 1.29 is 18.0 Å². The van der Waals surface area contributed by atoms with Crippen molar-refractivity contribution >= 4 is 27.5 Å². The van der Waals surface area contributed by atoms with Gasteiger partial charge in [0.1, 0.15) is 4.90 Å². The standard InChI is InChI=1S/C23H23ClN2O4S/c1-26(30-2)31(28,29)22-15-19(13-14-21(22)24)23(27)25-16-20(17-9-5-3-6-10-17)18-11-7-4-8-12-18/h3-15,20H,16H2,1-2H3,(H,25,27). The van der Waals surface area contributed by atoms with E-state index in [0.717, 1.165) is 11.1 Å². The number of hydrogen-bond donors (Lipinski definition) is 1. The van der Waals surface area contributed by atoms with Crippen LogP contribution in [0, 0.1) is 0 Å². The lowest BCUT2D eigenvalue weighted by atomic mass is 9.91. The first-order chi connectivity index (χ1) is 14.8. The van der Waals surface area contributed by atoms with Crippen molar-refractivity contribution in [2.45, 2.75) is 10.8 Å². The molecule has 0 saturated heterocycles. The largest absolute Gasteiger partial charge is 0.351 e. The number of carbonyl (C=O) groups is 1. The number of carbonyl (C=O) groups excluding carboxylic acids is 1. The van der Waals surface area contributed by atoms with E-state index in [2.05, 4.69) is 5.32 Å². The molecule has 0 unspecified atom stereocenters. The molecule has 0 atom stereocenters. The lowest BCUT2D eigenvalue weighted by Crippen LogP contribution is -2.30. The summed E-state index contributed by atoms with van der Waals surface area (Å²) in [5, 5.41) is 2.92. The van der Waals surface area contributed by atoms with Gasteiger partial charge in [-0.3, -0.25) is 9.63 Å². The zero-order chi connectivity index (χ0) is 22.4. The second-order valence-electron chi connectivity index (χ2n) is 6.83. The molecule has 0 aliphatic heterocycles. The van der Waals surface area contributed by atoms with E-state index in [1.807, 2.05) is 60.7 Å². The Morgan fingerprint density at radius 3 is 2.06 bits per heavy atom. The number of hydroxylamine groups is 1. The molecular weight excluding hydrogens is 436 g/mol. The molecule has 0 fully saturated rings. The predicted molar refractivity (Wildman–Crippen MR) is 120 cm³/mol. The summed E-state index contributed by atoms with van der Waals surface area (Å²) in [6, 6.07) is 23.9. The van der Waals surface area contributed by atoms with E-state index in [1.54, 1.807) is 0 Å². The minimum Gasteiger partial charge on any atom is -0.351 e. The first-order valence-corrected chi connectivity index (χ1v) is 11.4. The van der Waals surface area contributed by atoms with Gasteiger partial charge in [-0.15, -0.1) is 0 Å². The molecule has 3 aromatic rings. The zero-order valence-electron chi connectivity index (χ0n) is 17.2. The van der Waals surface area contributed by atoms with Crippen LogP contribution in [0.2, 0.25) is 5.02 Å². The van der Waals surface area contributed by atoms with E-state index in [4.69, 9.17) is 16.4 Å². The molecule has 0 spiro atoms. The van der Waals surface area contributed by atoms with E-state index in [1.165, 1.54) is 32.4 Å². The van der Waals surface area contributed by atoms with Crippen LogP contribution in [0.1, 0.15) is 27.4 Å². The topological polar surface area (TPSA) is 75.7 Å². The van der Waals surface area contributed by atoms with Gasteiger partial charge < -0.3 is 5.32 Å². The maximum Gasteiger partial charge on any atom is 0.266 e. The monoisotopic (exact) mass is 458 g/mol. The molecule has 3 aromatic carbocycles. The number of hydrogen-bond acceptors (Lipinski definition) is 4. The molecule has 1 N–H and O–H groups in total. The molecule has 0 aromatic heterocycles. The van der Waals surface area contributed by atoms with Crippen LogP contribution in [0.15, 0.2) is 83.8 Å². The normalized spacial score (nSPS) is 11.6. The molecule has 0 heterocycles.